The summed E-state index contributed by atoms with van der Waals surface area (Å²) in [5.41, 5.74) is -1.14. The largest absolute Gasteiger partial charge is 0.511 e. The van der Waals surface area contributed by atoms with Gasteiger partial charge in [0.25, 0.3) is 0 Å². The van der Waals surface area contributed by atoms with Gasteiger partial charge in [0.1, 0.15) is 0 Å². The van der Waals surface area contributed by atoms with Crippen LogP contribution in [0.4, 0.5) is 18.9 Å². The topological polar surface area (TPSA) is 167 Å². The van der Waals surface area contributed by atoms with Gasteiger partial charge in [0.2, 0.25) is 17.7 Å². The molecule has 1 aromatic heterocycles. The van der Waals surface area contributed by atoms with Crippen LogP contribution in [-0.2, 0) is 38.6 Å². The maximum absolute atomic E-state index is 13.4. The van der Waals surface area contributed by atoms with Crippen molar-refractivity contribution >= 4 is 61.6 Å². The zero-order chi connectivity index (χ0) is 57.2. The van der Waals surface area contributed by atoms with Gasteiger partial charge in [-0.05, 0) is 156 Å². The molecule has 2 fully saturated rings. The van der Waals surface area contributed by atoms with Crippen molar-refractivity contribution in [3.8, 4) is 5.88 Å². The number of carbonyl (C=O) groups excluding carboxylic acids is 2. The lowest BCUT2D eigenvalue weighted by molar-refractivity contribution is -0.122. The zero-order valence-corrected chi connectivity index (χ0v) is 49.0. The van der Waals surface area contributed by atoms with Crippen LogP contribution in [0.1, 0.15) is 152 Å². The van der Waals surface area contributed by atoms with Crippen molar-refractivity contribution in [2.24, 2.45) is 5.92 Å². The van der Waals surface area contributed by atoms with Crippen LogP contribution in [0.5, 0.6) is 5.88 Å². The second-order valence-electron chi connectivity index (χ2n) is 21.3. The number of benzene rings is 3. The Morgan fingerprint density at radius 2 is 1.27 bits per heavy atom. The molecule has 2 atom stereocenters. The summed E-state index contributed by atoms with van der Waals surface area (Å²) in [6, 6.07) is 22.7. The number of halogens is 5. The Hall–Kier alpha value is -4.27. The summed E-state index contributed by atoms with van der Waals surface area (Å²) in [7, 11) is -5.43. The lowest BCUT2D eigenvalue weighted by Crippen LogP contribution is -2.47. The molecule has 6 rings (SSSR count). The Kier molecular flexibility index (Phi) is 27.9. The molecule has 444 valence electrons. The van der Waals surface area contributed by atoms with Crippen LogP contribution in [-0.4, -0.2) is 126 Å². The minimum Gasteiger partial charge on any atom is -0.478 e. The normalized spacial score (nSPS) is 16.8. The Bertz CT molecular complexity index is 2530. The first kappa shape index (κ1) is 64.9. The molecule has 2 heterocycles. The fraction of sp³-hybridized carbons (Fsp3) is 0.617. The van der Waals surface area contributed by atoms with Crippen LogP contribution < -0.4 is 20.7 Å². The first-order chi connectivity index (χ1) is 38.5. The number of alkyl halides is 3. The first-order valence-electron chi connectivity index (χ1n) is 28.9. The average Bonchev–Trinajstić information content (AvgIpc) is 3.73. The molecule has 20 heteroatoms. The van der Waals surface area contributed by atoms with Crippen molar-refractivity contribution in [2.45, 2.75) is 159 Å². The van der Waals surface area contributed by atoms with Crippen LogP contribution in [0.25, 0.3) is 10.9 Å². The van der Waals surface area contributed by atoms with Crippen molar-refractivity contribution in [1.82, 2.24) is 19.9 Å². The molecule has 1 saturated carbocycles. The minimum atomic E-state index is -5.43. The van der Waals surface area contributed by atoms with E-state index in [4.69, 9.17) is 51.9 Å². The monoisotopic (exact) mass is 1180 g/mol. The number of piperidine rings is 1. The van der Waals surface area contributed by atoms with Gasteiger partial charge in [-0.1, -0.05) is 72.8 Å². The van der Waals surface area contributed by atoms with Crippen molar-refractivity contribution in [3.05, 3.63) is 99.5 Å². The predicted molar refractivity (Wildman–Crippen MR) is 310 cm³/mol. The molecule has 2 unspecified atom stereocenters. The number of hydrogen-bond donors (Lipinski definition) is 3. The van der Waals surface area contributed by atoms with Crippen LogP contribution in [0, 0.1) is 5.92 Å². The highest BCUT2D eigenvalue weighted by atomic mass is 35.5. The molecule has 1 aliphatic heterocycles. The maximum atomic E-state index is 13.4. The molecule has 2 amide bonds. The van der Waals surface area contributed by atoms with E-state index in [1.807, 2.05) is 80.6 Å². The quantitative estimate of drug-likeness (QED) is 0.0228. The van der Waals surface area contributed by atoms with Gasteiger partial charge in [-0.25, -0.2) is 13.4 Å². The molecule has 3 aromatic carbocycles. The second kappa shape index (κ2) is 34.4. The van der Waals surface area contributed by atoms with E-state index in [-0.39, 0.29) is 61.9 Å². The summed E-state index contributed by atoms with van der Waals surface area (Å²) in [6.45, 7) is 8.81. The number of nitrogens with zero attached hydrogens (tertiary/aromatic N) is 2. The van der Waals surface area contributed by atoms with Gasteiger partial charge < -0.3 is 39.6 Å². The molecule has 0 radical (unpaired) electrons. The number of ether oxygens (including phenoxy) is 5. The number of sulfonamides is 1. The Morgan fingerprint density at radius 3 is 1.89 bits per heavy atom. The maximum Gasteiger partial charge on any atom is 0.511 e. The van der Waals surface area contributed by atoms with E-state index in [2.05, 4.69) is 16.0 Å². The van der Waals surface area contributed by atoms with E-state index in [1.54, 1.807) is 6.07 Å². The Balaban J connectivity index is 0.848. The number of aromatic nitrogens is 1. The predicted octanol–water partition coefficient (Wildman–Crippen LogP) is 12.8. The molecule has 0 bridgehead atoms. The van der Waals surface area contributed by atoms with E-state index in [1.165, 1.54) is 6.42 Å². The number of rotatable bonds is 35. The standard InChI is InChI=1S/C60H84Cl2F3N5O9S/c1-44(2)77-37-7-3-5-14-56(71)66-31-10-35-75-39-30-45-12-9-13-52(26-16-45)78-41-40-76-36-11-32-67-57(72)15-6-4-8-38-79-58-43-55(68-51-28-33-70(34-29-51)80(73,74)60(63,64)65)53-42-48(21-27-54(53)69-58)59(46-17-22-49(61)23-18-46)47-19-24-50(62)25-20-47/h17-25,27,42-45,51-52,59H,3-16,26,28-41H2,1-2H3,(H,66,71)(H,67,72)(H,68,69). The van der Waals surface area contributed by atoms with Gasteiger partial charge in [-0.2, -0.15) is 17.5 Å². The molecular weight excluding hydrogens is 1090 g/mol. The summed E-state index contributed by atoms with van der Waals surface area (Å²) in [5.74, 6) is 0.894. The number of anilines is 1. The molecule has 1 aliphatic carbocycles. The summed E-state index contributed by atoms with van der Waals surface area (Å²) in [5, 5.41) is 11.5. The van der Waals surface area contributed by atoms with Crippen molar-refractivity contribution in [2.75, 3.05) is 77.7 Å². The number of hydrogen-bond acceptors (Lipinski definition) is 11. The lowest BCUT2D eigenvalue weighted by Gasteiger charge is -2.32. The smallest absolute Gasteiger partial charge is 0.478 e. The minimum absolute atomic E-state index is 0.0128. The number of carbonyl (C=O) groups is 2. The zero-order valence-electron chi connectivity index (χ0n) is 46.7. The SMILES string of the molecule is CC(C)OCCCCCC(=O)NCCCOCCC1CCCC(OCCOCCCNC(=O)CCCCCOc2cc(NC3CCN(S(=O)(=O)C(F)(F)F)CC3)c3cc(C(c4ccc(Cl)cc4)c4ccc(Cl)cc4)ccc3n2)CC1. The van der Waals surface area contributed by atoms with E-state index in [9.17, 15) is 31.2 Å². The highest BCUT2D eigenvalue weighted by Crippen LogP contribution is 2.38. The van der Waals surface area contributed by atoms with E-state index >= 15 is 0 Å². The molecule has 80 heavy (non-hydrogen) atoms. The van der Waals surface area contributed by atoms with Crippen LogP contribution in [0.2, 0.25) is 10.0 Å². The average molecular weight is 1180 g/mol. The summed E-state index contributed by atoms with van der Waals surface area (Å²) in [6.07, 6.45) is 15.0. The van der Waals surface area contributed by atoms with Crippen LogP contribution >= 0.6 is 23.2 Å². The first-order valence-corrected chi connectivity index (χ1v) is 31.1. The molecule has 4 aromatic rings. The highest BCUT2D eigenvalue weighted by Gasteiger charge is 2.50. The molecule has 2 aliphatic rings. The second-order valence-corrected chi connectivity index (χ2v) is 24.1. The van der Waals surface area contributed by atoms with Gasteiger partial charge >= 0.3 is 15.5 Å². The third-order valence-electron chi connectivity index (χ3n) is 14.7. The van der Waals surface area contributed by atoms with Gasteiger partial charge in [-0.15, -0.1) is 0 Å². The van der Waals surface area contributed by atoms with E-state index < -0.39 is 15.5 Å². The van der Waals surface area contributed by atoms with Gasteiger partial charge in [0.15, 0.2) is 0 Å². The third kappa shape index (κ3) is 22.5. The van der Waals surface area contributed by atoms with Crippen LogP contribution in [0.15, 0.2) is 72.8 Å². The van der Waals surface area contributed by atoms with Gasteiger partial charge in [-0.3, -0.25) is 9.59 Å². The van der Waals surface area contributed by atoms with Gasteiger partial charge in [0, 0.05) is 105 Å². The number of fused-ring (bicyclic) bond motifs is 1. The fourth-order valence-electron chi connectivity index (χ4n) is 10.2. The van der Waals surface area contributed by atoms with E-state index in [0.717, 1.165) is 99.5 Å². The number of nitrogens with one attached hydrogen (secondary N) is 3. The summed E-state index contributed by atoms with van der Waals surface area (Å²) in [4.78, 5) is 29.5. The molecule has 3 N–H and O–H groups in total. The third-order valence-corrected chi connectivity index (χ3v) is 16.8. The van der Waals surface area contributed by atoms with Crippen LogP contribution in [0.3, 0.4) is 0 Å². The summed E-state index contributed by atoms with van der Waals surface area (Å²) >= 11 is 12.6. The van der Waals surface area contributed by atoms with Crippen molar-refractivity contribution in [1.29, 1.82) is 0 Å². The lowest BCUT2D eigenvalue weighted by atomic mass is 9.84. The van der Waals surface area contributed by atoms with Gasteiger partial charge in [0.05, 0.1) is 37.5 Å². The Labute approximate surface area is 482 Å². The Morgan fingerprint density at radius 1 is 0.675 bits per heavy atom. The highest BCUT2D eigenvalue weighted by molar-refractivity contribution is 7.90. The number of unbranched alkanes of at least 4 members (excludes halogenated alkanes) is 4. The number of pyridine rings is 1. The fourth-order valence-corrected chi connectivity index (χ4v) is 11.5. The molecule has 0 spiro atoms. The molecule has 1 saturated heterocycles. The van der Waals surface area contributed by atoms with Crippen molar-refractivity contribution < 1.29 is 54.9 Å². The molecule has 14 nitrogen and oxygen atoms in total. The summed E-state index contributed by atoms with van der Waals surface area (Å²) < 4.78 is 94.6. The number of amides is 2. The molecular formula is C60H84Cl2F3N5O9S. The van der Waals surface area contributed by atoms with Crippen molar-refractivity contribution in [3.63, 3.8) is 0 Å². The van der Waals surface area contributed by atoms with E-state index in [0.29, 0.717) is 116 Å².